The van der Waals surface area contributed by atoms with E-state index in [-0.39, 0.29) is 5.91 Å². The van der Waals surface area contributed by atoms with E-state index < -0.39 is 5.82 Å². The highest BCUT2D eigenvalue weighted by molar-refractivity contribution is 9.10. The highest BCUT2D eigenvalue weighted by Gasteiger charge is 2.07. The zero-order valence-electron chi connectivity index (χ0n) is 9.39. The second-order valence-corrected chi connectivity index (χ2v) is 5.01. The third-order valence-electron chi connectivity index (χ3n) is 2.13. The maximum Gasteiger partial charge on any atom is 0.251 e. The van der Waals surface area contributed by atoms with Crippen LogP contribution in [0.3, 0.4) is 0 Å². The topological polar surface area (TPSA) is 29.1 Å². The number of carbonyl (C=O) groups is 1. The van der Waals surface area contributed by atoms with E-state index in [9.17, 15) is 9.18 Å². The molecule has 16 heavy (non-hydrogen) atoms. The van der Waals surface area contributed by atoms with Crippen LogP contribution in [-0.4, -0.2) is 12.5 Å². The van der Waals surface area contributed by atoms with E-state index in [0.29, 0.717) is 22.5 Å². The van der Waals surface area contributed by atoms with Gasteiger partial charge in [0.05, 0.1) is 0 Å². The standard InChI is InChI=1S/C12H15BrFNO/c1-8(2)3-4-15-12(16)9-5-10(13)7-11(14)6-9/h5-8H,3-4H2,1-2H3,(H,15,16). The second-order valence-electron chi connectivity index (χ2n) is 4.10. The first-order valence-electron chi connectivity index (χ1n) is 5.23. The Morgan fingerprint density at radius 1 is 1.44 bits per heavy atom. The maximum absolute atomic E-state index is 13.0. The van der Waals surface area contributed by atoms with Gasteiger partial charge in [-0.3, -0.25) is 4.79 Å². The summed E-state index contributed by atoms with van der Waals surface area (Å²) in [5, 5.41) is 2.76. The van der Waals surface area contributed by atoms with Crippen LogP contribution < -0.4 is 5.32 Å². The molecule has 0 heterocycles. The number of hydrogen-bond donors (Lipinski definition) is 1. The van der Waals surface area contributed by atoms with Gasteiger partial charge in [0.1, 0.15) is 5.82 Å². The lowest BCUT2D eigenvalue weighted by Gasteiger charge is -2.07. The monoisotopic (exact) mass is 287 g/mol. The van der Waals surface area contributed by atoms with Gasteiger partial charge >= 0.3 is 0 Å². The Balaban J connectivity index is 2.59. The zero-order valence-corrected chi connectivity index (χ0v) is 11.0. The second kappa shape index (κ2) is 5.99. The minimum absolute atomic E-state index is 0.235. The lowest BCUT2D eigenvalue weighted by molar-refractivity contribution is 0.0951. The van der Waals surface area contributed by atoms with E-state index in [1.165, 1.54) is 12.1 Å². The first kappa shape index (κ1) is 13.2. The number of amides is 1. The summed E-state index contributed by atoms with van der Waals surface area (Å²) in [5.41, 5.74) is 0.343. The summed E-state index contributed by atoms with van der Waals surface area (Å²) in [6.07, 6.45) is 0.919. The van der Waals surface area contributed by atoms with Crippen molar-refractivity contribution in [2.75, 3.05) is 6.54 Å². The zero-order chi connectivity index (χ0) is 12.1. The molecule has 0 aliphatic heterocycles. The maximum atomic E-state index is 13.0. The molecule has 1 aromatic carbocycles. The molecule has 1 aromatic rings. The number of halogens is 2. The van der Waals surface area contributed by atoms with E-state index in [1.54, 1.807) is 6.07 Å². The van der Waals surface area contributed by atoms with Gasteiger partial charge in [0.15, 0.2) is 0 Å². The van der Waals surface area contributed by atoms with Crippen LogP contribution in [0.25, 0.3) is 0 Å². The predicted octanol–water partition coefficient (Wildman–Crippen LogP) is 3.36. The Morgan fingerprint density at radius 3 is 2.69 bits per heavy atom. The van der Waals surface area contributed by atoms with Crippen LogP contribution in [0.5, 0.6) is 0 Å². The molecule has 0 aliphatic carbocycles. The van der Waals surface area contributed by atoms with Crippen LogP contribution in [0.2, 0.25) is 0 Å². The minimum atomic E-state index is -0.414. The summed E-state index contributed by atoms with van der Waals surface area (Å²) in [4.78, 5) is 11.6. The van der Waals surface area contributed by atoms with Crippen molar-refractivity contribution in [2.24, 2.45) is 5.92 Å². The average molecular weight is 288 g/mol. The Kier molecular flexibility index (Phi) is 4.93. The molecule has 1 amide bonds. The largest absolute Gasteiger partial charge is 0.352 e. The van der Waals surface area contributed by atoms with Crippen LogP contribution in [-0.2, 0) is 0 Å². The van der Waals surface area contributed by atoms with E-state index in [0.717, 1.165) is 6.42 Å². The van der Waals surface area contributed by atoms with Crippen molar-refractivity contribution in [3.05, 3.63) is 34.1 Å². The summed E-state index contributed by atoms with van der Waals surface area (Å²) >= 11 is 3.15. The lowest BCUT2D eigenvalue weighted by Crippen LogP contribution is -2.25. The molecular weight excluding hydrogens is 273 g/mol. The van der Waals surface area contributed by atoms with Crippen LogP contribution >= 0.6 is 15.9 Å². The molecule has 0 bridgehead atoms. The van der Waals surface area contributed by atoms with Gasteiger partial charge in [-0.25, -0.2) is 4.39 Å². The summed E-state index contributed by atoms with van der Waals surface area (Å²) in [6.45, 7) is 4.79. The molecule has 2 nitrogen and oxygen atoms in total. The first-order valence-corrected chi connectivity index (χ1v) is 6.02. The van der Waals surface area contributed by atoms with Crippen LogP contribution in [0.15, 0.2) is 22.7 Å². The number of rotatable bonds is 4. The molecule has 4 heteroatoms. The molecule has 0 radical (unpaired) electrons. The Hall–Kier alpha value is -0.900. The molecule has 0 spiro atoms. The fourth-order valence-electron chi connectivity index (χ4n) is 1.26. The fourth-order valence-corrected chi connectivity index (χ4v) is 1.73. The molecule has 0 saturated heterocycles. The van der Waals surface area contributed by atoms with E-state index in [1.807, 2.05) is 0 Å². The molecule has 88 valence electrons. The molecule has 1 rings (SSSR count). The van der Waals surface area contributed by atoms with Crippen molar-refractivity contribution >= 4 is 21.8 Å². The van der Waals surface area contributed by atoms with Crippen molar-refractivity contribution in [1.29, 1.82) is 0 Å². The van der Waals surface area contributed by atoms with Gasteiger partial charge in [-0.2, -0.15) is 0 Å². The average Bonchev–Trinajstić information content (AvgIpc) is 2.15. The summed E-state index contributed by atoms with van der Waals surface area (Å²) in [6, 6.07) is 4.16. The molecular formula is C12H15BrFNO. The molecule has 1 N–H and O–H groups in total. The van der Waals surface area contributed by atoms with Crippen LogP contribution in [0, 0.1) is 11.7 Å². The SMILES string of the molecule is CC(C)CCNC(=O)c1cc(F)cc(Br)c1. The first-order chi connectivity index (χ1) is 7.49. The Labute approximate surface area is 103 Å². The van der Waals surface area contributed by atoms with Gasteiger partial charge in [-0.15, -0.1) is 0 Å². The normalized spacial score (nSPS) is 10.6. The van der Waals surface area contributed by atoms with Crippen molar-refractivity contribution in [1.82, 2.24) is 5.32 Å². The van der Waals surface area contributed by atoms with Crippen molar-refractivity contribution in [2.45, 2.75) is 20.3 Å². The summed E-state index contributed by atoms with van der Waals surface area (Å²) < 4.78 is 13.6. The number of carbonyl (C=O) groups excluding carboxylic acids is 1. The van der Waals surface area contributed by atoms with Gasteiger partial charge in [0.25, 0.3) is 5.91 Å². The van der Waals surface area contributed by atoms with Gasteiger partial charge in [0.2, 0.25) is 0 Å². The third kappa shape index (κ3) is 4.31. The van der Waals surface area contributed by atoms with Crippen molar-refractivity contribution in [3.63, 3.8) is 0 Å². The van der Waals surface area contributed by atoms with Gasteiger partial charge in [-0.05, 0) is 30.5 Å². The molecule has 0 aromatic heterocycles. The Bertz CT molecular complexity index is 359. The van der Waals surface area contributed by atoms with Gasteiger partial charge < -0.3 is 5.32 Å². The van der Waals surface area contributed by atoms with Crippen LogP contribution in [0.4, 0.5) is 4.39 Å². The number of hydrogen-bond acceptors (Lipinski definition) is 1. The van der Waals surface area contributed by atoms with E-state index in [4.69, 9.17) is 0 Å². The van der Waals surface area contributed by atoms with Gasteiger partial charge in [-0.1, -0.05) is 29.8 Å². The molecule has 0 aliphatic rings. The number of nitrogens with one attached hydrogen (secondary N) is 1. The fraction of sp³-hybridized carbons (Fsp3) is 0.417. The van der Waals surface area contributed by atoms with E-state index in [2.05, 4.69) is 35.1 Å². The minimum Gasteiger partial charge on any atom is -0.352 e. The highest BCUT2D eigenvalue weighted by Crippen LogP contribution is 2.14. The smallest absolute Gasteiger partial charge is 0.251 e. The number of benzene rings is 1. The molecule has 0 unspecified atom stereocenters. The molecule has 0 fully saturated rings. The Morgan fingerprint density at radius 2 is 2.12 bits per heavy atom. The van der Waals surface area contributed by atoms with Crippen molar-refractivity contribution < 1.29 is 9.18 Å². The quantitative estimate of drug-likeness (QED) is 0.904. The summed E-state index contributed by atoms with van der Waals surface area (Å²) in [7, 11) is 0. The summed E-state index contributed by atoms with van der Waals surface area (Å²) in [5.74, 6) is -0.108. The van der Waals surface area contributed by atoms with Crippen molar-refractivity contribution in [3.8, 4) is 0 Å². The highest BCUT2D eigenvalue weighted by atomic mass is 79.9. The van der Waals surface area contributed by atoms with E-state index >= 15 is 0 Å². The molecule has 0 saturated carbocycles. The lowest BCUT2D eigenvalue weighted by atomic mass is 10.1. The third-order valence-corrected chi connectivity index (χ3v) is 2.59. The predicted molar refractivity (Wildman–Crippen MR) is 65.9 cm³/mol. The van der Waals surface area contributed by atoms with Gasteiger partial charge in [0, 0.05) is 16.6 Å². The molecule has 0 atom stereocenters. The van der Waals surface area contributed by atoms with Crippen LogP contribution in [0.1, 0.15) is 30.6 Å².